The van der Waals surface area contributed by atoms with Crippen molar-refractivity contribution < 1.29 is 19.4 Å². The fourth-order valence-corrected chi connectivity index (χ4v) is 2.91. The molecule has 1 rings (SSSR count). The van der Waals surface area contributed by atoms with Crippen LogP contribution in [0.3, 0.4) is 0 Å². The lowest BCUT2D eigenvalue weighted by Crippen LogP contribution is -2.20. The van der Waals surface area contributed by atoms with Crippen LogP contribution in [0.4, 0.5) is 0 Å². The lowest BCUT2D eigenvalue weighted by Gasteiger charge is -2.24. The van der Waals surface area contributed by atoms with E-state index in [4.69, 9.17) is 10.5 Å². The van der Waals surface area contributed by atoms with Crippen molar-refractivity contribution in [2.75, 3.05) is 13.2 Å². The SMILES string of the molecule is CCOC(=O)C[C@H](CC(=O)CN)c1cc(C(C)(C)C)cc(Br)c1O. The number of carbonyl (C=O) groups excluding carboxylic acids is 2. The Labute approximate surface area is 151 Å². The number of hydrogen-bond acceptors (Lipinski definition) is 5. The first-order chi connectivity index (χ1) is 11.1. The molecule has 6 heteroatoms. The summed E-state index contributed by atoms with van der Waals surface area (Å²) in [4.78, 5) is 23.8. The third kappa shape index (κ3) is 5.60. The quantitative estimate of drug-likeness (QED) is 0.685. The first-order valence-corrected chi connectivity index (χ1v) is 8.79. The van der Waals surface area contributed by atoms with E-state index in [-0.39, 0.29) is 42.9 Å². The number of hydrogen-bond donors (Lipinski definition) is 2. The van der Waals surface area contributed by atoms with Crippen LogP contribution in [0.2, 0.25) is 0 Å². The van der Waals surface area contributed by atoms with Crippen LogP contribution in [0.15, 0.2) is 16.6 Å². The van der Waals surface area contributed by atoms with Gasteiger partial charge < -0.3 is 15.6 Å². The molecule has 0 aliphatic rings. The van der Waals surface area contributed by atoms with E-state index in [0.717, 1.165) is 5.56 Å². The minimum atomic E-state index is -0.473. The molecule has 0 amide bonds. The van der Waals surface area contributed by atoms with Gasteiger partial charge in [-0.3, -0.25) is 9.59 Å². The van der Waals surface area contributed by atoms with Crippen LogP contribution in [0, 0.1) is 0 Å². The molecule has 0 fully saturated rings. The van der Waals surface area contributed by atoms with E-state index in [0.29, 0.717) is 10.0 Å². The third-order valence-corrected chi connectivity index (χ3v) is 4.42. The number of aromatic hydroxyl groups is 1. The van der Waals surface area contributed by atoms with E-state index >= 15 is 0 Å². The predicted octanol–water partition coefficient (Wildman–Crippen LogP) is 3.41. The molecule has 134 valence electrons. The number of carbonyl (C=O) groups is 2. The fourth-order valence-electron chi connectivity index (χ4n) is 2.44. The van der Waals surface area contributed by atoms with Crippen molar-refractivity contribution in [3.8, 4) is 5.75 Å². The van der Waals surface area contributed by atoms with Gasteiger partial charge >= 0.3 is 5.97 Å². The Bertz CT molecular complexity index is 608. The zero-order chi connectivity index (χ0) is 18.5. The van der Waals surface area contributed by atoms with Gasteiger partial charge in [0.15, 0.2) is 0 Å². The Balaban J connectivity index is 3.31. The molecule has 0 saturated carbocycles. The highest BCUT2D eigenvalue weighted by Gasteiger charge is 2.26. The van der Waals surface area contributed by atoms with Crippen LogP contribution in [0.25, 0.3) is 0 Å². The van der Waals surface area contributed by atoms with Gasteiger partial charge in [-0.05, 0) is 45.5 Å². The third-order valence-electron chi connectivity index (χ3n) is 3.82. The van der Waals surface area contributed by atoms with Crippen molar-refractivity contribution in [1.29, 1.82) is 0 Å². The Morgan fingerprint density at radius 3 is 2.42 bits per heavy atom. The van der Waals surface area contributed by atoms with Gasteiger partial charge in [-0.15, -0.1) is 0 Å². The van der Waals surface area contributed by atoms with Gasteiger partial charge in [-0.25, -0.2) is 0 Å². The molecule has 0 aromatic heterocycles. The van der Waals surface area contributed by atoms with Gasteiger partial charge in [0.2, 0.25) is 0 Å². The van der Waals surface area contributed by atoms with Crippen molar-refractivity contribution in [2.24, 2.45) is 5.73 Å². The monoisotopic (exact) mass is 399 g/mol. The number of phenols is 1. The van der Waals surface area contributed by atoms with Crippen molar-refractivity contribution in [3.63, 3.8) is 0 Å². The molecule has 0 bridgehead atoms. The van der Waals surface area contributed by atoms with E-state index in [1.165, 1.54) is 0 Å². The lowest BCUT2D eigenvalue weighted by atomic mass is 9.82. The Morgan fingerprint density at radius 1 is 1.29 bits per heavy atom. The topological polar surface area (TPSA) is 89.6 Å². The summed E-state index contributed by atoms with van der Waals surface area (Å²) in [6.45, 7) is 8.07. The minimum absolute atomic E-state index is 0.0210. The molecule has 5 nitrogen and oxygen atoms in total. The molecule has 1 aromatic carbocycles. The number of rotatable bonds is 7. The van der Waals surface area contributed by atoms with Crippen LogP contribution in [0.1, 0.15) is 57.6 Å². The van der Waals surface area contributed by atoms with Gasteiger partial charge in [0.1, 0.15) is 11.5 Å². The molecule has 0 aliphatic heterocycles. The number of ether oxygens (including phenoxy) is 1. The molecule has 24 heavy (non-hydrogen) atoms. The summed E-state index contributed by atoms with van der Waals surface area (Å²) in [5.74, 6) is -0.995. The summed E-state index contributed by atoms with van der Waals surface area (Å²) in [7, 11) is 0. The minimum Gasteiger partial charge on any atom is -0.506 e. The van der Waals surface area contributed by atoms with Crippen LogP contribution in [-0.4, -0.2) is 30.0 Å². The van der Waals surface area contributed by atoms with Crippen LogP contribution in [0.5, 0.6) is 5.75 Å². The summed E-state index contributed by atoms with van der Waals surface area (Å²) in [6, 6.07) is 3.71. The molecule has 0 spiro atoms. The van der Waals surface area contributed by atoms with Crippen molar-refractivity contribution in [3.05, 3.63) is 27.7 Å². The molecule has 0 radical (unpaired) electrons. The summed E-state index contributed by atoms with van der Waals surface area (Å²) in [5.41, 5.74) is 6.83. The fraction of sp³-hybridized carbons (Fsp3) is 0.556. The summed E-state index contributed by atoms with van der Waals surface area (Å²) >= 11 is 3.36. The lowest BCUT2D eigenvalue weighted by molar-refractivity contribution is -0.143. The number of nitrogens with two attached hydrogens (primary N) is 1. The van der Waals surface area contributed by atoms with Crippen LogP contribution in [-0.2, 0) is 19.7 Å². The van der Waals surface area contributed by atoms with E-state index in [9.17, 15) is 14.7 Å². The highest BCUT2D eigenvalue weighted by atomic mass is 79.9. The Hall–Kier alpha value is -1.40. The second-order valence-electron chi connectivity index (χ2n) is 6.80. The number of phenolic OH excluding ortho intramolecular Hbond substituents is 1. The maximum Gasteiger partial charge on any atom is 0.306 e. The average Bonchev–Trinajstić information content (AvgIpc) is 2.48. The van der Waals surface area contributed by atoms with Crippen molar-refractivity contribution in [1.82, 2.24) is 0 Å². The van der Waals surface area contributed by atoms with Crippen molar-refractivity contribution >= 4 is 27.7 Å². The molecule has 0 aliphatic carbocycles. The standard InChI is InChI=1S/C18H26BrNO4/c1-5-24-16(22)7-11(6-13(21)10-20)14-8-12(18(2,3)4)9-15(19)17(14)23/h8-9,11,23H,5-7,10,20H2,1-4H3/t11-/m0/s1. The van der Waals surface area contributed by atoms with E-state index in [1.54, 1.807) is 6.92 Å². The molecule has 0 unspecified atom stereocenters. The van der Waals surface area contributed by atoms with Gasteiger partial charge in [-0.2, -0.15) is 0 Å². The summed E-state index contributed by atoms with van der Waals surface area (Å²) in [5, 5.41) is 10.4. The molecular formula is C18H26BrNO4. The predicted molar refractivity (Wildman–Crippen MR) is 97.2 cm³/mol. The first-order valence-electron chi connectivity index (χ1n) is 8.00. The molecule has 1 atom stereocenters. The number of esters is 1. The molecule has 0 saturated heterocycles. The number of ketones is 1. The van der Waals surface area contributed by atoms with Gasteiger partial charge in [0.25, 0.3) is 0 Å². The summed E-state index contributed by atoms with van der Waals surface area (Å²) < 4.78 is 5.54. The first kappa shape index (κ1) is 20.6. The van der Waals surface area contributed by atoms with E-state index < -0.39 is 11.9 Å². The number of Topliss-reactive ketones (excluding diaryl/α,β-unsaturated/α-hetero) is 1. The van der Waals surface area contributed by atoms with Crippen LogP contribution < -0.4 is 5.73 Å². The Morgan fingerprint density at radius 2 is 1.92 bits per heavy atom. The van der Waals surface area contributed by atoms with Gasteiger partial charge in [-0.1, -0.05) is 26.8 Å². The maximum atomic E-state index is 11.9. The van der Waals surface area contributed by atoms with E-state index in [1.807, 2.05) is 12.1 Å². The number of benzene rings is 1. The smallest absolute Gasteiger partial charge is 0.306 e. The largest absolute Gasteiger partial charge is 0.506 e. The van der Waals surface area contributed by atoms with Gasteiger partial charge in [0.05, 0.1) is 24.0 Å². The Kier molecular flexibility index (Phi) is 7.42. The zero-order valence-corrected chi connectivity index (χ0v) is 16.3. The molecule has 0 heterocycles. The van der Waals surface area contributed by atoms with E-state index in [2.05, 4.69) is 36.7 Å². The second-order valence-corrected chi connectivity index (χ2v) is 7.65. The highest BCUT2D eigenvalue weighted by Crippen LogP contribution is 2.40. The maximum absolute atomic E-state index is 11.9. The van der Waals surface area contributed by atoms with Crippen molar-refractivity contribution in [2.45, 2.75) is 51.9 Å². The zero-order valence-electron chi connectivity index (χ0n) is 14.7. The summed E-state index contributed by atoms with van der Waals surface area (Å²) in [6.07, 6.45) is 0.107. The molecule has 3 N–H and O–H groups in total. The average molecular weight is 400 g/mol. The van der Waals surface area contributed by atoms with Gasteiger partial charge in [0, 0.05) is 12.3 Å². The second kappa shape index (κ2) is 8.62. The highest BCUT2D eigenvalue weighted by molar-refractivity contribution is 9.10. The molecule has 1 aromatic rings. The molecular weight excluding hydrogens is 374 g/mol. The number of halogens is 1. The normalized spacial score (nSPS) is 12.8. The van der Waals surface area contributed by atoms with Crippen LogP contribution >= 0.6 is 15.9 Å².